The summed E-state index contributed by atoms with van der Waals surface area (Å²) in [6.45, 7) is 0. The predicted octanol–water partition coefficient (Wildman–Crippen LogP) is 1.59. The first-order valence-corrected chi connectivity index (χ1v) is 8.20. The number of aryl methyl sites for hydroxylation is 1. The van der Waals surface area contributed by atoms with Gasteiger partial charge >= 0.3 is 131 Å². The summed E-state index contributed by atoms with van der Waals surface area (Å²) < 4.78 is 2.65. The number of hydrogen-bond donors (Lipinski definition) is 1. The number of aliphatic hydroxyl groups is 1. The summed E-state index contributed by atoms with van der Waals surface area (Å²) in [5.74, 6) is 0. The molecular formula is C15H12N2O4Se. The average molecular weight is 363 g/mol. The summed E-state index contributed by atoms with van der Waals surface area (Å²) >= 11 is -0.269. The van der Waals surface area contributed by atoms with E-state index >= 15 is 0 Å². The first-order chi connectivity index (χ1) is 10.5. The van der Waals surface area contributed by atoms with Gasteiger partial charge in [-0.3, -0.25) is 0 Å². The van der Waals surface area contributed by atoms with Gasteiger partial charge in [0.05, 0.1) is 0 Å². The van der Waals surface area contributed by atoms with E-state index in [4.69, 9.17) is 0 Å². The van der Waals surface area contributed by atoms with Crippen molar-refractivity contribution in [2.24, 2.45) is 7.05 Å². The van der Waals surface area contributed by atoms with Crippen molar-refractivity contribution < 1.29 is 10.0 Å². The number of hydrogen-bond acceptors (Lipinski definition) is 4. The van der Waals surface area contributed by atoms with Gasteiger partial charge in [0.2, 0.25) is 0 Å². The molecule has 1 unspecified atom stereocenters. The Morgan fingerprint density at radius 2 is 1.82 bits per heavy atom. The van der Waals surface area contributed by atoms with Crippen molar-refractivity contribution in [2.45, 2.75) is 6.10 Å². The van der Waals surface area contributed by atoms with E-state index in [-0.39, 0.29) is 24.6 Å². The normalized spacial score (nSPS) is 12.5. The number of aliphatic hydroxyl groups excluding tert-OH is 1. The second-order valence-electron chi connectivity index (χ2n) is 4.91. The molecule has 1 heterocycles. The summed E-state index contributed by atoms with van der Waals surface area (Å²) in [7, 11) is 1.74. The number of benzene rings is 2. The Labute approximate surface area is 131 Å². The molecular weight excluding hydrogens is 351 g/mol. The van der Waals surface area contributed by atoms with Gasteiger partial charge in [-0.2, -0.15) is 0 Å². The van der Waals surface area contributed by atoms with Crippen molar-refractivity contribution in [3.05, 3.63) is 72.9 Å². The van der Waals surface area contributed by atoms with Crippen LogP contribution < -0.4 is 4.43 Å². The van der Waals surface area contributed by atoms with E-state index in [1.165, 1.54) is 12.1 Å². The van der Waals surface area contributed by atoms with Gasteiger partial charge in [-0.1, -0.05) is 0 Å². The average Bonchev–Trinajstić information content (AvgIpc) is 2.81. The van der Waals surface area contributed by atoms with Gasteiger partial charge in [-0.05, 0) is 0 Å². The van der Waals surface area contributed by atoms with E-state index in [0.717, 1.165) is 9.78 Å². The molecule has 112 valence electrons. The Morgan fingerprint density at radius 1 is 1.18 bits per heavy atom. The van der Waals surface area contributed by atoms with Crippen molar-refractivity contribution >= 4 is 30.0 Å². The summed E-state index contributed by atoms with van der Waals surface area (Å²) in [5.41, 5.74) is 2.12. The molecule has 0 saturated carbocycles. The second-order valence-corrected chi connectivity index (χ2v) is 6.99. The third-order valence-corrected chi connectivity index (χ3v) is 5.64. The van der Waals surface area contributed by atoms with Crippen LogP contribution in [0.3, 0.4) is 0 Å². The molecule has 0 radical (unpaired) electrons. The van der Waals surface area contributed by atoms with Gasteiger partial charge in [0.1, 0.15) is 0 Å². The SMILES string of the molecule is Cn1c(=O)[se]c2cc(C(O)c3ccc([N+](=O)[O-])cc3)ccc21. The zero-order valence-corrected chi connectivity index (χ0v) is 13.3. The van der Waals surface area contributed by atoms with Gasteiger partial charge in [0.15, 0.2) is 0 Å². The first kappa shape index (κ1) is 14.7. The van der Waals surface area contributed by atoms with E-state index in [1.54, 1.807) is 29.8 Å². The van der Waals surface area contributed by atoms with Crippen molar-refractivity contribution in [3.8, 4) is 0 Å². The van der Waals surface area contributed by atoms with Crippen molar-refractivity contribution in [1.82, 2.24) is 4.57 Å². The minimum atomic E-state index is -0.872. The number of nitro groups is 1. The number of non-ortho nitro benzene ring substituents is 1. The van der Waals surface area contributed by atoms with Crippen LogP contribution >= 0.6 is 0 Å². The molecule has 1 N–H and O–H groups in total. The Hall–Kier alpha value is -2.21. The van der Waals surface area contributed by atoms with E-state index in [9.17, 15) is 20.0 Å². The zero-order chi connectivity index (χ0) is 15.9. The van der Waals surface area contributed by atoms with Crippen LogP contribution in [0.15, 0.2) is 47.3 Å². The van der Waals surface area contributed by atoms with Crippen LogP contribution in [0.5, 0.6) is 0 Å². The molecule has 0 aliphatic rings. The quantitative estimate of drug-likeness (QED) is 0.435. The van der Waals surface area contributed by atoms with E-state index in [0.29, 0.717) is 11.1 Å². The maximum atomic E-state index is 11.7. The van der Waals surface area contributed by atoms with E-state index < -0.39 is 11.0 Å². The van der Waals surface area contributed by atoms with E-state index in [1.807, 2.05) is 12.1 Å². The molecule has 3 aromatic rings. The molecule has 3 rings (SSSR count). The van der Waals surface area contributed by atoms with Crippen molar-refractivity contribution in [1.29, 1.82) is 0 Å². The minimum absolute atomic E-state index is 0.0135. The molecule has 1 atom stereocenters. The topological polar surface area (TPSA) is 85.4 Å². The molecule has 6 nitrogen and oxygen atoms in total. The summed E-state index contributed by atoms with van der Waals surface area (Å²) in [4.78, 5) is 21.9. The number of nitro benzene ring substituents is 1. The monoisotopic (exact) mass is 364 g/mol. The summed E-state index contributed by atoms with van der Waals surface area (Å²) in [5, 5.41) is 21.1. The van der Waals surface area contributed by atoms with Crippen LogP contribution in [0.1, 0.15) is 17.2 Å². The van der Waals surface area contributed by atoms with Crippen LogP contribution in [0.4, 0.5) is 5.69 Å². The fraction of sp³-hybridized carbons (Fsp3) is 0.133. The fourth-order valence-corrected chi connectivity index (χ4v) is 4.24. The van der Waals surface area contributed by atoms with Crippen LogP contribution in [0.2, 0.25) is 0 Å². The molecule has 22 heavy (non-hydrogen) atoms. The fourth-order valence-electron chi connectivity index (χ4n) is 2.29. The Balaban J connectivity index is 1.99. The number of nitrogens with zero attached hydrogens (tertiary/aromatic N) is 2. The van der Waals surface area contributed by atoms with Crippen molar-refractivity contribution in [3.63, 3.8) is 0 Å². The van der Waals surface area contributed by atoms with Crippen LogP contribution in [0.25, 0.3) is 9.78 Å². The van der Waals surface area contributed by atoms with Crippen LogP contribution in [-0.4, -0.2) is 29.1 Å². The third kappa shape index (κ3) is 2.50. The number of aromatic nitrogens is 1. The van der Waals surface area contributed by atoms with Gasteiger partial charge in [-0.25, -0.2) is 0 Å². The second kappa shape index (κ2) is 5.53. The third-order valence-electron chi connectivity index (χ3n) is 3.55. The molecule has 1 aromatic heterocycles. The molecule has 0 aliphatic heterocycles. The zero-order valence-electron chi connectivity index (χ0n) is 11.6. The molecule has 0 aliphatic carbocycles. The predicted molar refractivity (Wildman–Crippen MR) is 83.3 cm³/mol. The number of fused-ring (bicyclic) bond motifs is 1. The molecule has 0 spiro atoms. The molecule has 0 saturated heterocycles. The molecule has 0 amide bonds. The van der Waals surface area contributed by atoms with Gasteiger partial charge in [0.25, 0.3) is 0 Å². The Morgan fingerprint density at radius 3 is 2.45 bits per heavy atom. The molecule has 7 heteroatoms. The number of rotatable bonds is 3. The first-order valence-electron chi connectivity index (χ1n) is 6.49. The van der Waals surface area contributed by atoms with Gasteiger partial charge < -0.3 is 0 Å². The standard InChI is InChI=1S/C15H12N2O4Se/c1-16-12-7-4-10(8-13(12)22-15(16)19)14(18)9-2-5-11(6-3-9)17(20)21/h2-8,14,18H,1H3. The van der Waals surface area contributed by atoms with Crippen LogP contribution in [0, 0.1) is 10.1 Å². The van der Waals surface area contributed by atoms with Crippen LogP contribution in [-0.2, 0) is 7.05 Å². The van der Waals surface area contributed by atoms with Gasteiger partial charge in [0, 0.05) is 0 Å². The maximum absolute atomic E-state index is 11.7. The Bertz CT molecular complexity index is 911. The summed E-state index contributed by atoms with van der Waals surface area (Å²) in [6.07, 6.45) is -0.872. The Kier molecular flexibility index (Phi) is 3.70. The van der Waals surface area contributed by atoms with Gasteiger partial charge in [-0.15, -0.1) is 0 Å². The van der Waals surface area contributed by atoms with Crippen molar-refractivity contribution in [2.75, 3.05) is 0 Å². The summed E-state index contributed by atoms with van der Waals surface area (Å²) in [6, 6.07) is 11.3. The molecule has 0 fully saturated rings. The van der Waals surface area contributed by atoms with E-state index in [2.05, 4.69) is 0 Å². The molecule has 2 aromatic carbocycles. The molecule has 0 bridgehead atoms.